The number of rotatable bonds is 4. The van der Waals surface area contributed by atoms with Crippen LogP contribution in [0.1, 0.15) is 20.3 Å². The van der Waals surface area contributed by atoms with E-state index in [1.807, 2.05) is 25.1 Å². The predicted octanol–water partition coefficient (Wildman–Crippen LogP) is 2.87. The third-order valence-electron chi connectivity index (χ3n) is 2.93. The van der Waals surface area contributed by atoms with Gasteiger partial charge in [-0.15, -0.1) is 0 Å². The number of aliphatic hydroxyl groups excluding tert-OH is 1. The molecular weight excluding hydrogens is 220 g/mol. The van der Waals surface area contributed by atoms with Crippen molar-refractivity contribution >= 4 is 27.4 Å². The monoisotopic (exact) mass is 236 g/mol. The highest BCUT2D eigenvalue weighted by Gasteiger charge is 2.22. The predicted molar refractivity (Wildman–Crippen MR) is 69.0 cm³/mol. The molecule has 0 bridgehead atoms. The molecule has 0 radical (unpaired) electrons. The second-order valence-corrected chi connectivity index (χ2v) is 5.00. The molecule has 0 saturated carbocycles. The van der Waals surface area contributed by atoms with Crippen LogP contribution >= 0.6 is 11.5 Å². The van der Waals surface area contributed by atoms with Crippen molar-refractivity contribution in [3.05, 3.63) is 24.3 Å². The third-order valence-corrected chi connectivity index (χ3v) is 3.72. The van der Waals surface area contributed by atoms with Crippen LogP contribution in [0.15, 0.2) is 24.3 Å². The zero-order valence-electron chi connectivity index (χ0n) is 9.53. The number of benzene rings is 1. The number of hydrogen-bond donors (Lipinski definition) is 2. The number of fused-ring (bicyclic) bond motifs is 1. The number of anilines is 1. The van der Waals surface area contributed by atoms with Crippen LogP contribution in [0.4, 0.5) is 5.00 Å². The van der Waals surface area contributed by atoms with Crippen LogP contribution in [0.2, 0.25) is 0 Å². The van der Waals surface area contributed by atoms with Crippen LogP contribution in [0.3, 0.4) is 0 Å². The molecule has 2 rings (SSSR count). The first-order valence-corrected chi connectivity index (χ1v) is 6.19. The second-order valence-electron chi connectivity index (χ2n) is 4.23. The number of aromatic nitrogens is 1. The Morgan fingerprint density at radius 3 is 2.88 bits per heavy atom. The Kier molecular flexibility index (Phi) is 3.12. The van der Waals surface area contributed by atoms with Crippen molar-refractivity contribution in [2.24, 2.45) is 0 Å². The Labute approximate surface area is 99.3 Å². The summed E-state index contributed by atoms with van der Waals surface area (Å²) in [5.41, 5.74) is 0.737. The Morgan fingerprint density at radius 1 is 1.44 bits per heavy atom. The standard InChI is InChI=1S/C12H16N2OS/c1-3-12(2,8-15)13-11-9-6-4-5-7-10(9)14-16-11/h4-7,13,15H,3,8H2,1-2H3. The summed E-state index contributed by atoms with van der Waals surface area (Å²) in [4.78, 5) is 0. The lowest BCUT2D eigenvalue weighted by Crippen LogP contribution is -2.37. The van der Waals surface area contributed by atoms with E-state index in [0.717, 1.165) is 22.3 Å². The fourth-order valence-electron chi connectivity index (χ4n) is 1.49. The summed E-state index contributed by atoms with van der Waals surface area (Å²) < 4.78 is 4.37. The molecule has 0 saturated heterocycles. The van der Waals surface area contributed by atoms with Gasteiger partial charge in [-0.25, -0.2) is 0 Å². The van der Waals surface area contributed by atoms with Crippen LogP contribution < -0.4 is 5.32 Å². The molecule has 0 fully saturated rings. The Bertz CT molecular complexity index is 477. The van der Waals surface area contributed by atoms with Gasteiger partial charge < -0.3 is 10.4 Å². The molecule has 3 nitrogen and oxygen atoms in total. The summed E-state index contributed by atoms with van der Waals surface area (Å²) in [5, 5.41) is 14.9. The molecule has 0 spiro atoms. The maximum absolute atomic E-state index is 9.38. The second kappa shape index (κ2) is 4.39. The molecular formula is C12H16N2OS. The van der Waals surface area contributed by atoms with Gasteiger partial charge in [-0.05, 0) is 37.0 Å². The molecule has 0 aliphatic heterocycles. The van der Waals surface area contributed by atoms with Crippen LogP contribution in [-0.2, 0) is 0 Å². The van der Waals surface area contributed by atoms with E-state index in [4.69, 9.17) is 0 Å². The van der Waals surface area contributed by atoms with Crippen LogP contribution in [0.5, 0.6) is 0 Å². The number of aliphatic hydroxyl groups is 1. The minimum atomic E-state index is -0.269. The van der Waals surface area contributed by atoms with Gasteiger partial charge in [-0.1, -0.05) is 19.1 Å². The van der Waals surface area contributed by atoms with E-state index < -0.39 is 0 Å². The van der Waals surface area contributed by atoms with Crippen molar-refractivity contribution in [1.82, 2.24) is 4.37 Å². The van der Waals surface area contributed by atoms with Crippen LogP contribution in [0, 0.1) is 0 Å². The van der Waals surface area contributed by atoms with E-state index in [1.165, 1.54) is 11.5 Å². The largest absolute Gasteiger partial charge is 0.394 e. The fourth-order valence-corrected chi connectivity index (χ4v) is 2.41. The van der Waals surface area contributed by atoms with Gasteiger partial charge in [0.1, 0.15) is 5.00 Å². The average Bonchev–Trinajstić information content (AvgIpc) is 2.73. The number of nitrogens with one attached hydrogen (secondary N) is 1. The van der Waals surface area contributed by atoms with Gasteiger partial charge in [0, 0.05) is 5.39 Å². The zero-order chi connectivity index (χ0) is 11.6. The maximum Gasteiger partial charge on any atom is 0.117 e. The molecule has 0 amide bonds. The SMILES string of the molecule is CCC(C)(CO)Nc1snc2ccccc12. The molecule has 2 N–H and O–H groups in total. The molecule has 86 valence electrons. The molecule has 1 heterocycles. The van der Waals surface area contributed by atoms with Crippen LogP contribution in [-0.4, -0.2) is 21.6 Å². The van der Waals surface area contributed by atoms with Gasteiger partial charge in [-0.3, -0.25) is 0 Å². The van der Waals surface area contributed by atoms with Crippen molar-refractivity contribution in [1.29, 1.82) is 0 Å². The minimum Gasteiger partial charge on any atom is -0.394 e. The van der Waals surface area contributed by atoms with Crippen molar-refractivity contribution in [2.45, 2.75) is 25.8 Å². The lowest BCUT2D eigenvalue weighted by molar-refractivity contribution is 0.219. The third kappa shape index (κ3) is 2.03. The Balaban J connectivity index is 2.34. The van der Waals surface area contributed by atoms with Crippen molar-refractivity contribution in [3.63, 3.8) is 0 Å². The zero-order valence-corrected chi connectivity index (χ0v) is 10.3. The van der Waals surface area contributed by atoms with Gasteiger partial charge >= 0.3 is 0 Å². The summed E-state index contributed by atoms with van der Waals surface area (Å²) >= 11 is 1.45. The maximum atomic E-state index is 9.38. The van der Waals surface area contributed by atoms with E-state index >= 15 is 0 Å². The van der Waals surface area contributed by atoms with Crippen molar-refractivity contribution in [3.8, 4) is 0 Å². The molecule has 2 aromatic rings. The minimum absolute atomic E-state index is 0.121. The van der Waals surface area contributed by atoms with Gasteiger partial charge in [0.25, 0.3) is 0 Å². The quantitative estimate of drug-likeness (QED) is 0.858. The lowest BCUT2D eigenvalue weighted by atomic mass is 10.0. The first kappa shape index (κ1) is 11.4. The van der Waals surface area contributed by atoms with Crippen LogP contribution in [0.25, 0.3) is 10.9 Å². The fraction of sp³-hybridized carbons (Fsp3) is 0.417. The molecule has 1 unspecified atom stereocenters. The summed E-state index contributed by atoms with van der Waals surface area (Å²) in [6.45, 7) is 4.20. The highest BCUT2D eigenvalue weighted by atomic mass is 32.1. The highest BCUT2D eigenvalue weighted by molar-refractivity contribution is 7.11. The summed E-state index contributed by atoms with van der Waals surface area (Å²) in [5.74, 6) is 0. The molecule has 1 aromatic heterocycles. The Hall–Kier alpha value is -1.13. The van der Waals surface area contributed by atoms with Gasteiger partial charge in [0.15, 0.2) is 0 Å². The summed E-state index contributed by atoms with van der Waals surface area (Å²) in [7, 11) is 0. The summed E-state index contributed by atoms with van der Waals surface area (Å²) in [6, 6.07) is 8.04. The van der Waals surface area contributed by atoms with E-state index in [0.29, 0.717) is 0 Å². The van der Waals surface area contributed by atoms with E-state index in [-0.39, 0.29) is 12.1 Å². The number of nitrogens with zero attached hydrogens (tertiary/aromatic N) is 1. The smallest absolute Gasteiger partial charge is 0.117 e. The van der Waals surface area contributed by atoms with E-state index in [9.17, 15) is 5.11 Å². The first-order chi connectivity index (χ1) is 7.68. The van der Waals surface area contributed by atoms with Crippen molar-refractivity contribution in [2.75, 3.05) is 11.9 Å². The topological polar surface area (TPSA) is 45.1 Å². The van der Waals surface area contributed by atoms with Gasteiger partial charge in [-0.2, -0.15) is 4.37 Å². The van der Waals surface area contributed by atoms with Gasteiger partial charge in [0.2, 0.25) is 0 Å². The summed E-state index contributed by atoms with van der Waals surface area (Å²) in [6.07, 6.45) is 0.871. The average molecular weight is 236 g/mol. The number of hydrogen-bond acceptors (Lipinski definition) is 4. The molecule has 16 heavy (non-hydrogen) atoms. The lowest BCUT2D eigenvalue weighted by Gasteiger charge is -2.27. The van der Waals surface area contributed by atoms with E-state index in [1.54, 1.807) is 0 Å². The van der Waals surface area contributed by atoms with E-state index in [2.05, 4.69) is 22.7 Å². The molecule has 0 aliphatic carbocycles. The normalized spacial score (nSPS) is 14.9. The highest BCUT2D eigenvalue weighted by Crippen LogP contribution is 2.30. The molecule has 4 heteroatoms. The molecule has 1 aromatic carbocycles. The Morgan fingerprint density at radius 2 is 2.19 bits per heavy atom. The van der Waals surface area contributed by atoms with Gasteiger partial charge in [0.05, 0.1) is 17.7 Å². The van der Waals surface area contributed by atoms with Crippen molar-refractivity contribution < 1.29 is 5.11 Å². The molecule has 1 atom stereocenters. The molecule has 0 aliphatic rings. The first-order valence-electron chi connectivity index (χ1n) is 5.42.